The van der Waals surface area contributed by atoms with Crippen molar-refractivity contribution in [1.29, 1.82) is 0 Å². The van der Waals surface area contributed by atoms with Gasteiger partial charge in [0.05, 0.1) is 0 Å². The fourth-order valence-electron chi connectivity index (χ4n) is 2.65. The van der Waals surface area contributed by atoms with E-state index in [2.05, 4.69) is 10.2 Å². The number of unbranched alkanes of at least 4 members (excludes halogenated alkanes) is 8. The summed E-state index contributed by atoms with van der Waals surface area (Å²) in [7, 11) is 0. The van der Waals surface area contributed by atoms with Gasteiger partial charge in [-0.1, -0.05) is 44.9 Å². The molecule has 2 heterocycles. The van der Waals surface area contributed by atoms with Crippen LogP contribution in [0.3, 0.4) is 0 Å². The van der Waals surface area contributed by atoms with Gasteiger partial charge in [-0.15, -0.1) is 0 Å². The molecule has 0 aromatic carbocycles. The zero-order valence-corrected chi connectivity index (χ0v) is 13.0. The lowest BCUT2D eigenvalue weighted by atomic mass is 10.1. The molecule has 0 saturated carbocycles. The van der Waals surface area contributed by atoms with Crippen molar-refractivity contribution in [2.75, 3.05) is 0 Å². The minimum Gasteiger partial charge on any atom is -0.273 e. The van der Waals surface area contributed by atoms with Gasteiger partial charge in [0.2, 0.25) is 0 Å². The number of rotatable bonds is 12. The molecule has 0 N–H and O–H groups in total. The van der Waals surface area contributed by atoms with Crippen LogP contribution in [0.4, 0.5) is 0 Å². The van der Waals surface area contributed by atoms with Crippen molar-refractivity contribution < 1.29 is 0 Å². The Kier molecular flexibility index (Phi) is 7.67. The highest BCUT2D eigenvalue weighted by atomic mass is 15.3. The standard InChI is InChI=1S/C17H28N4/c1(2-4-6-8-14-20-16-10-12-18-20)3-5-7-9-15-21-17-11-13-19-21/h10-13,16-17H,1-9,14-15H2. The Morgan fingerprint density at radius 1 is 0.524 bits per heavy atom. The molecule has 0 unspecified atom stereocenters. The molecule has 4 nitrogen and oxygen atoms in total. The lowest BCUT2D eigenvalue weighted by molar-refractivity contribution is 0.503. The van der Waals surface area contributed by atoms with Crippen LogP contribution in [0.15, 0.2) is 36.9 Å². The fourth-order valence-corrected chi connectivity index (χ4v) is 2.65. The Labute approximate surface area is 128 Å². The lowest BCUT2D eigenvalue weighted by Crippen LogP contribution is -1.98. The first-order valence-electron chi connectivity index (χ1n) is 8.40. The van der Waals surface area contributed by atoms with E-state index in [4.69, 9.17) is 0 Å². The highest BCUT2D eigenvalue weighted by molar-refractivity contribution is 4.78. The number of hydrogen-bond donors (Lipinski definition) is 0. The summed E-state index contributed by atoms with van der Waals surface area (Å²) in [5.41, 5.74) is 0. The maximum Gasteiger partial charge on any atom is 0.0489 e. The van der Waals surface area contributed by atoms with Crippen LogP contribution in [-0.2, 0) is 13.1 Å². The van der Waals surface area contributed by atoms with E-state index in [1.54, 1.807) is 0 Å². The van der Waals surface area contributed by atoms with Gasteiger partial charge in [-0.3, -0.25) is 9.36 Å². The highest BCUT2D eigenvalue weighted by Crippen LogP contribution is 2.10. The third-order valence-corrected chi connectivity index (χ3v) is 3.89. The van der Waals surface area contributed by atoms with Crippen LogP contribution in [0.25, 0.3) is 0 Å². The molecular weight excluding hydrogens is 260 g/mol. The summed E-state index contributed by atoms with van der Waals surface area (Å²) in [4.78, 5) is 0. The minimum atomic E-state index is 1.07. The van der Waals surface area contributed by atoms with E-state index < -0.39 is 0 Å². The van der Waals surface area contributed by atoms with Crippen LogP contribution in [0.2, 0.25) is 0 Å². The van der Waals surface area contributed by atoms with Gasteiger partial charge in [-0.25, -0.2) is 0 Å². The molecule has 2 aromatic rings. The van der Waals surface area contributed by atoms with Gasteiger partial charge < -0.3 is 0 Å². The van der Waals surface area contributed by atoms with Gasteiger partial charge in [0, 0.05) is 37.9 Å². The summed E-state index contributed by atoms with van der Waals surface area (Å²) in [6.07, 6.45) is 19.9. The molecule has 0 aliphatic carbocycles. The normalized spacial score (nSPS) is 11.0. The molecule has 0 fully saturated rings. The summed E-state index contributed by atoms with van der Waals surface area (Å²) in [6, 6.07) is 3.98. The van der Waals surface area contributed by atoms with Crippen LogP contribution >= 0.6 is 0 Å². The topological polar surface area (TPSA) is 35.6 Å². The second-order valence-electron chi connectivity index (χ2n) is 5.72. The molecule has 0 radical (unpaired) electrons. The summed E-state index contributed by atoms with van der Waals surface area (Å²) in [5.74, 6) is 0. The van der Waals surface area contributed by atoms with Crippen molar-refractivity contribution in [2.45, 2.75) is 70.9 Å². The largest absolute Gasteiger partial charge is 0.273 e. The van der Waals surface area contributed by atoms with Gasteiger partial charge >= 0.3 is 0 Å². The van der Waals surface area contributed by atoms with E-state index in [1.807, 2.05) is 46.3 Å². The molecule has 0 amide bonds. The van der Waals surface area contributed by atoms with Crippen molar-refractivity contribution in [2.24, 2.45) is 0 Å². The first-order chi connectivity index (χ1) is 10.4. The number of aryl methyl sites for hydroxylation is 2. The maximum absolute atomic E-state index is 4.22. The summed E-state index contributed by atoms with van der Waals surface area (Å²) < 4.78 is 4.05. The van der Waals surface area contributed by atoms with Crippen molar-refractivity contribution in [3.63, 3.8) is 0 Å². The van der Waals surface area contributed by atoms with Gasteiger partial charge in [0.25, 0.3) is 0 Å². The van der Waals surface area contributed by atoms with Crippen LogP contribution in [0.1, 0.15) is 57.8 Å². The Morgan fingerprint density at radius 2 is 0.905 bits per heavy atom. The Bertz CT molecular complexity index is 391. The molecule has 0 aliphatic rings. The van der Waals surface area contributed by atoms with E-state index in [9.17, 15) is 0 Å². The van der Waals surface area contributed by atoms with Gasteiger partial charge in [0.15, 0.2) is 0 Å². The smallest absolute Gasteiger partial charge is 0.0489 e. The average Bonchev–Trinajstić information content (AvgIpc) is 3.18. The molecule has 2 aromatic heterocycles. The average molecular weight is 288 g/mol. The molecule has 4 heteroatoms. The van der Waals surface area contributed by atoms with E-state index >= 15 is 0 Å². The molecule has 21 heavy (non-hydrogen) atoms. The second-order valence-corrected chi connectivity index (χ2v) is 5.72. The fraction of sp³-hybridized carbons (Fsp3) is 0.647. The van der Waals surface area contributed by atoms with E-state index in [-0.39, 0.29) is 0 Å². The summed E-state index contributed by atoms with van der Waals surface area (Å²) in [6.45, 7) is 2.14. The molecule has 116 valence electrons. The Balaban J connectivity index is 1.31. The predicted molar refractivity (Wildman–Crippen MR) is 86.0 cm³/mol. The van der Waals surface area contributed by atoms with Crippen molar-refractivity contribution >= 4 is 0 Å². The van der Waals surface area contributed by atoms with Crippen molar-refractivity contribution in [1.82, 2.24) is 19.6 Å². The number of aromatic nitrogens is 4. The molecular formula is C17H28N4. The zero-order chi connectivity index (χ0) is 14.6. The molecule has 0 bridgehead atoms. The van der Waals surface area contributed by atoms with Gasteiger partial charge in [-0.2, -0.15) is 10.2 Å². The first kappa shape index (κ1) is 15.8. The van der Waals surface area contributed by atoms with Crippen LogP contribution in [-0.4, -0.2) is 19.6 Å². The monoisotopic (exact) mass is 288 g/mol. The third kappa shape index (κ3) is 7.11. The molecule has 0 atom stereocenters. The lowest BCUT2D eigenvalue weighted by Gasteiger charge is -2.04. The SMILES string of the molecule is c1cnn(CCCCCCCCCCCn2cccn2)c1. The molecule has 0 saturated heterocycles. The second kappa shape index (κ2) is 10.2. The molecule has 0 aliphatic heterocycles. The predicted octanol–water partition coefficient (Wildman–Crippen LogP) is 4.29. The van der Waals surface area contributed by atoms with Crippen LogP contribution in [0, 0.1) is 0 Å². The van der Waals surface area contributed by atoms with Gasteiger partial charge in [-0.05, 0) is 25.0 Å². The van der Waals surface area contributed by atoms with Crippen molar-refractivity contribution in [3.05, 3.63) is 36.9 Å². The molecule has 0 spiro atoms. The Morgan fingerprint density at radius 3 is 1.24 bits per heavy atom. The quantitative estimate of drug-likeness (QED) is 0.546. The molecule has 2 rings (SSSR count). The minimum absolute atomic E-state index is 1.07. The van der Waals surface area contributed by atoms with Crippen LogP contribution in [0.5, 0.6) is 0 Å². The third-order valence-electron chi connectivity index (χ3n) is 3.89. The first-order valence-corrected chi connectivity index (χ1v) is 8.40. The van der Waals surface area contributed by atoms with Crippen LogP contribution < -0.4 is 0 Å². The van der Waals surface area contributed by atoms with E-state index in [0.717, 1.165) is 13.1 Å². The highest BCUT2D eigenvalue weighted by Gasteiger charge is 1.95. The van der Waals surface area contributed by atoms with E-state index in [0.29, 0.717) is 0 Å². The van der Waals surface area contributed by atoms with Gasteiger partial charge in [0.1, 0.15) is 0 Å². The maximum atomic E-state index is 4.22. The summed E-state index contributed by atoms with van der Waals surface area (Å²) in [5, 5.41) is 8.44. The zero-order valence-electron chi connectivity index (χ0n) is 13.0. The summed E-state index contributed by atoms with van der Waals surface area (Å²) >= 11 is 0. The Hall–Kier alpha value is -1.58. The number of nitrogens with zero attached hydrogens (tertiary/aromatic N) is 4. The van der Waals surface area contributed by atoms with Crippen molar-refractivity contribution in [3.8, 4) is 0 Å². The van der Waals surface area contributed by atoms with E-state index in [1.165, 1.54) is 57.8 Å². The number of hydrogen-bond acceptors (Lipinski definition) is 2.